The first-order valence-electron chi connectivity index (χ1n) is 6.61. The zero-order chi connectivity index (χ0) is 12.4. The molecule has 0 saturated heterocycles. The highest BCUT2D eigenvalue weighted by atomic mass is 16.5. The molecule has 94 valence electrons. The second kappa shape index (κ2) is 5.09. The van der Waals surface area contributed by atoms with Crippen LogP contribution in [0.2, 0.25) is 0 Å². The van der Waals surface area contributed by atoms with E-state index in [1.54, 1.807) is 0 Å². The zero-order valence-electron chi connectivity index (χ0n) is 11.1. The van der Waals surface area contributed by atoms with Crippen LogP contribution < -0.4 is 10.5 Å². The molecule has 2 heteroatoms. The Kier molecular flexibility index (Phi) is 3.72. The van der Waals surface area contributed by atoms with Gasteiger partial charge >= 0.3 is 0 Å². The zero-order valence-corrected chi connectivity index (χ0v) is 11.1. The third kappa shape index (κ3) is 2.32. The minimum Gasteiger partial charge on any atom is -0.493 e. The van der Waals surface area contributed by atoms with Gasteiger partial charge < -0.3 is 10.5 Å². The number of benzene rings is 1. The molecule has 17 heavy (non-hydrogen) atoms. The van der Waals surface area contributed by atoms with E-state index >= 15 is 0 Å². The Labute approximate surface area is 104 Å². The number of rotatable bonds is 2. The summed E-state index contributed by atoms with van der Waals surface area (Å²) < 4.78 is 6.00. The molecule has 0 bridgehead atoms. The third-order valence-corrected chi connectivity index (χ3v) is 3.70. The normalized spacial score (nSPS) is 19.7. The first kappa shape index (κ1) is 12.4. The number of hydrogen-bond acceptors (Lipinski definition) is 2. The molecule has 0 radical (unpaired) electrons. The number of ether oxygens (including phenoxy) is 1. The molecular weight excluding hydrogens is 210 g/mol. The van der Waals surface area contributed by atoms with Gasteiger partial charge in [0.2, 0.25) is 0 Å². The van der Waals surface area contributed by atoms with Crippen LogP contribution in [-0.4, -0.2) is 13.2 Å². The Morgan fingerprint density at radius 1 is 1.41 bits per heavy atom. The molecule has 0 fully saturated rings. The fourth-order valence-electron chi connectivity index (χ4n) is 2.72. The second-order valence-electron chi connectivity index (χ2n) is 5.29. The molecule has 1 heterocycles. The molecule has 0 aromatic heterocycles. The molecule has 1 aliphatic heterocycles. The predicted molar refractivity (Wildman–Crippen MR) is 71.8 cm³/mol. The van der Waals surface area contributed by atoms with Gasteiger partial charge in [0.15, 0.2) is 0 Å². The first-order chi connectivity index (χ1) is 8.15. The summed E-state index contributed by atoms with van der Waals surface area (Å²) in [6.45, 7) is 8.15. The summed E-state index contributed by atoms with van der Waals surface area (Å²) in [5.74, 6) is 2.08. The first-order valence-corrected chi connectivity index (χ1v) is 6.61. The van der Waals surface area contributed by atoms with Crippen LogP contribution in [-0.2, 0) is 0 Å². The van der Waals surface area contributed by atoms with Crippen molar-refractivity contribution in [3.8, 4) is 5.75 Å². The summed E-state index contributed by atoms with van der Waals surface area (Å²) in [7, 11) is 0. The lowest BCUT2D eigenvalue weighted by Crippen LogP contribution is -2.13. The molecule has 2 rings (SSSR count). The van der Waals surface area contributed by atoms with E-state index in [-0.39, 0.29) is 0 Å². The maximum Gasteiger partial charge on any atom is 0.126 e. The van der Waals surface area contributed by atoms with E-state index in [4.69, 9.17) is 10.5 Å². The lowest BCUT2D eigenvalue weighted by atomic mass is 9.87. The number of nitrogens with two attached hydrogens (primary N) is 1. The quantitative estimate of drug-likeness (QED) is 0.850. The molecule has 1 aromatic rings. The van der Waals surface area contributed by atoms with Gasteiger partial charge in [0, 0.05) is 11.5 Å². The molecule has 2 nitrogen and oxygen atoms in total. The van der Waals surface area contributed by atoms with Gasteiger partial charge in [-0.1, -0.05) is 26.0 Å². The second-order valence-corrected chi connectivity index (χ2v) is 5.29. The van der Waals surface area contributed by atoms with E-state index in [9.17, 15) is 0 Å². The summed E-state index contributed by atoms with van der Waals surface area (Å²) in [6.07, 6.45) is 2.25. The van der Waals surface area contributed by atoms with Crippen LogP contribution in [0.25, 0.3) is 0 Å². The summed E-state index contributed by atoms with van der Waals surface area (Å²) in [4.78, 5) is 0. The number of hydrogen-bond donors (Lipinski definition) is 1. The Bertz CT molecular complexity index is 398. The highest BCUT2D eigenvalue weighted by Crippen LogP contribution is 2.40. The van der Waals surface area contributed by atoms with E-state index < -0.39 is 0 Å². The van der Waals surface area contributed by atoms with Crippen LogP contribution in [0.3, 0.4) is 0 Å². The molecule has 1 atom stereocenters. The molecule has 1 aromatic carbocycles. The van der Waals surface area contributed by atoms with Crippen molar-refractivity contribution < 1.29 is 4.74 Å². The Morgan fingerprint density at radius 3 is 2.82 bits per heavy atom. The van der Waals surface area contributed by atoms with Crippen molar-refractivity contribution >= 4 is 0 Å². The van der Waals surface area contributed by atoms with Crippen molar-refractivity contribution in [2.45, 2.75) is 45.4 Å². The smallest absolute Gasteiger partial charge is 0.126 e. The summed E-state index contributed by atoms with van der Waals surface area (Å²) in [5, 5.41) is 0. The largest absolute Gasteiger partial charge is 0.493 e. The van der Waals surface area contributed by atoms with Gasteiger partial charge in [-0.2, -0.15) is 0 Å². The SMILES string of the molecule is Cc1ccc(C(C)C)c2c1C(CN)CCCO2. The van der Waals surface area contributed by atoms with Crippen LogP contribution in [0.4, 0.5) is 0 Å². The van der Waals surface area contributed by atoms with Crippen molar-refractivity contribution in [2.24, 2.45) is 5.73 Å². The van der Waals surface area contributed by atoms with Crippen LogP contribution in [0.5, 0.6) is 5.75 Å². The average Bonchev–Trinajstić information content (AvgIpc) is 2.51. The minimum atomic E-state index is 0.464. The lowest BCUT2D eigenvalue weighted by molar-refractivity contribution is 0.312. The van der Waals surface area contributed by atoms with Gasteiger partial charge in [-0.3, -0.25) is 0 Å². The van der Waals surface area contributed by atoms with Crippen LogP contribution in [0.1, 0.15) is 55.2 Å². The minimum absolute atomic E-state index is 0.464. The summed E-state index contributed by atoms with van der Waals surface area (Å²) >= 11 is 0. The van der Waals surface area contributed by atoms with Crippen LogP contribution >= 0.6 is 0 Å². The van der Waals surface area contributed by atoms with Crippen molar-refractivity contribution in [3.05, 3.63) is 28.8 Å². The van der Waals surface area contributed by atoms with Gasteiger partial charge in [0.25, 0.3) is 0 Å². The van der Waals surface area contributed by atoms with Crippen molar-refractivity contribution in [1.29, 1.82) is 0 Å². The van der Waals surface area contributed by atoms with Gasteiger partial charge in [-0.25, -0.2) is 0 Å². The Hall–Kier alpha value is -1.02. The third-order valence-electron chi connectivity index (χ3n) is 3.70. The van der Waals surface area contributed by atoms with E-state index in [2.05, 4.69) is 32.9 Å². The summed E-state index contributed by atoms with van der Waals surface area (Å²) in [5.41, 5.74) is 9.93. The highest BCUT2D eigenvalue weighted by Gasteiger charge is 2.23. The van der Waals surface area contributed by atoms with Crippen molar-refractivity contribution in [2.75, 3.05) is 13.2 Å². The molecule has 1 aliphatic rings. The van der Waals surface area contributed by atoms with Crippen LogP contribution in [0, 0.1) is 6.92 Å². The fourth-order valence-corrected chi connectivity index (χ4v) is 2.72. The summed E-state index contributed by atoms with van der Waals surface area (Å²) in [6, 6.07) is 4.42. The Morgan fingerprint density at radius 2 is 2.18 bits per heavy atom. The van der Waals surface area contributed by atoms with E-state index in [1.807, 2.05) is 0 Å². The number of aryl methyl sites for hydroxylation is 1. The molecule has 0 saturated carbocycles. The molecule has 2 N–H and O–H groups in total. The van der Waals surface area contributed by atoms with E-state index in [1.165, 1.54) is 16.7 Å². The maximum absolute atomic E-state index is 6.00. The van der Waals surface area contributed by atoms with Crippen LogP contribution in [0.15, 0.2) is 12.1 Å². The van der Waals surface area contributed by atoms with E-state index in [0.717, 1.165) is 31.7 Å². The standard InChI is InChI=1S/C15H23NO/c1-10(2)13-7-6-11(3)14-12(9-16)5-4-8-17-15(13)14/h6-7,10,12H,4-5,8-9,16H2,1-3H3. The van der Waals surface area contributed by atoms with E-state index in [0.29, 0.717) is 11.8 Å². The van der Waals surface area contributed by atoms with Gasteiger partial charge in [0.1, 0.15) is 5.75 Å². The Balaban J connectivity index is 2.57. The monoisotopic (exact) mass is 233 g/mol. The maximum atomic E-state index is 6.00. The van der Waals surface area contributed by atoms with Crippen molar-refractivity contribution in [3.63, 3.8) is 0 Å². The highest BCUT2D eigenvalue weighted by molar-refractivity contribution is 5.50. The van der Waals surface area contributed by atoms with Gasteiger partial charge in [-0.15, -0.1) is 0 Å². The van der Waals surface area contributed by atoms with Gasteiger partial charge in [-0.05, 0) is 43.4 Å². The molecule has 0 spiro atoms. The fraction of sp³-hybridized carbons (Fsp3) is 0.600. The van der Waals surface area contributed by atoms with Crippen molar-refractivity contribution in [1.82, 2.24) is 0 Å². The lowest BCUT2D eigenvalue weighted by Gasteiger charge is -2.21. The predicted octanol–water partition coefficient (Wildman–Crippen LogP) is 3.33. The molecular formula is C15H23NO. The molecule has 0 amide bonds. The molecule has 0 aliphatic carbocycles. The number of fused-ring (bicyclic) bond motifs is 1. The topological polar surface area (TPSA) is 35.2 Å². The average molecular weight is 233 g/mol. The molecule has 1 unspecified atom stereocenters. The van der Waals surface area contributed by atoms with Gasteiger partial charge in [0.05, 0.1) is 6.61 Å².